The SMILES string of the molecule is CC1(C)c2cc(/C=C/Nc3ccc4ccccc4c3)ccc2-c2cc3c(cc21)N(c1ccc2ccccc2c1)c1ccccc1C3(C)C. The van der Waals surface area contributed by atoms with Gasteiger partial charge in [0.1, 0.15) is 0 Å². The average Bonchev–Trinajstić information content (AvgIpc) is 3.32. The number of benzene rings is 7. The maximum atomic E-state index is 3.49. The van der Waals surface area contributed by atoms with Gasteiger partial charge in [0.05, 0.1) is 11.4 Å². The third-order valence-electron chi connectivity index (χ3n) is 10.8. The van der Waals surface area contributed by atoms with Crippen LogP contribution >= 0.6 is 0 Å². The Morgan fingerprint density at radius 1 is 0.479 bits per heavy atom. The number of para-hydroxylation sites is 1. The Morgan fingerprint density at radius 3 is 1.92 bits per heavy atom. The summed E-state index contributed by atoms with van der Waals surface area (Å²) in [5, 5.41) is 8.49. The number of rotatable bonds is 4. The van der Waals surface area contributed by atoms with E-state index in [1.54, 1.807) is 0 Å². The summed E-state index contributed by atoms with van der Waals surface area (Å²) >= 11 is 0. The Hall–Kier alpha value is -5.60. The summed E-state index contributed by atoms with van der Waals surface area (Å²) in [5.74, 6) is 0. The zero-order valence-electron chi connectivity index (χ0n) is 27.9. The molecule has 2 nitrogen and oxygen atoms in total. The van der Waals surface area contributed by atoms with Crippen molar-refractivity contribution in [3.63, 3.8) is 0 Å². The molecule has 0 spiro atoms. The van der Waals surface area contributed by atoms with Crippen molar-refractivity contribution in [3.8, 4) is 11.1 Å². The topological polar surface area (TPSA) is 15.3 Å². The third kappa shape index (κ3) is 4.33. The first-order valence-corrected chi connectivity index (χ1v) is 16.9. The van der Waals surface area contributed by atoms with Crippen LogP contribution in [0, 0.1) is 0 Å². The van der Waals surface area contributed by atoms with Gasteiger partial charge in [0, 0.05) is 28.4 Å². The molecule has 0 fully saturated rings. The lowest BCUT2D eigenvalue weighted by Gasteiger charge is -2.43. The number of hydrogen-bond acceptors (Lipinski definition) is 2. The summed E-state index contributed by atoms with van der Waals surface area (Å²) < 4.78 is 0. The Labute approximate surface area is 283 Å². The van der Waals surface area contributed by atoms with E-state index in [4.69, 9.17) is 0 Å². The molecule has 2 heteroatoms. The van der Waals surface area contributed by atoms with Gasteiger partial charge >= 0.3 is 0 Å². The third-order valence-corrected chi connectivity index (χ3v) is 10.8. The van der Waals surface area contributed by atoms with E-state index in [1.807, 2.05) is 0 Å². The molecular weight excluding hydrogens is 581 g/mol. The lowest BCUT2D eigenvalue weighted by atomic mass is 9.71. The van der Waals surface area contributed by atoms with E-state index in [0.29, 0.717) is 0 Å². The second kappa shape index (κ2) is 10.5. The van der Waals surface area contributed by atoms with Crippen LogP contribution in [-0.2, 0) is 10.8 Å². The maximum Gasteiger partial charge on any atom is 0.0506 e. The van der Waals surface area contributed by atoms with E-state index in [-0.39, 0.29) is 10.8 Å². The van der Waals surface area contributed by atoms with Crippen LogP contribution in [0.2, 0.25) is 0 Å². The molecule has 7 aromatic carbocycles. The smallest absolute Gasteiger partial charge is 0.0506 e. The van der Waals surface area contributed by atoms with Crippen molar-refractivity contribution < 1.29 is 0 Å². The minimum atomic E-state index is -0.154. The molecule has 2 aliphatic rings. The molecule has 0 unspecified atom stereocenters. The second-order valence-corrected chi connectivity index (χ2v) is 14.4. The lowest BCUT2D eigenvalue weighted by Crippen LogP contribution is -2.31. The van der Waals surface area contributed by atoms with Crippen LogP contribution in [0.1, 0.15) is 55.5 Å². The minimum absolute atomic E-state index is 0.147. The predicted octanol–water partition coefficient (Wildman–Crippen LogP) is 12.5. The number of nitrogens with zero attached hydrogens (tertiary/aromatic N) is 1. The van der Waals surface area contributed by atoms with Crippen LogP contribution < -0.4 is 10.2 Å². The monoisotopic (exact) mass is 618 g/mol. The number of fused-ring (bicyclic) bond motifs is 7. The van der Waals surface area contributed by atoms with Crippen molar-refractivity contribution in [1.82, 2.24) is 0 Å². The molecule has 232 valence electrons. The van der Waals surface area contributed by atoms with Gasteiger partial charge in [0.15, 0.2) is 0 Å². The lowest BCUT2D eigenvalue weighted by molar-refractivity contribution is 0.627. The fourth-order valence-electron chi connectivity index (χ4n) is 8.16. The largest absolute Gasteiger partial charge is 0.362 e. The standard InChI is InChI=1S/C46H38N2/c1-45(2)39-15-9-10-16-43(39)48(36-21-19-32-12-6-8-14-34(32)27-36)44-29-41-38(28-42(44)45)37-22-17-30(25-40(37)46(41,3)4)23-24-47-35-20-18-31-11-5-7-13-33(31)26-35/h5-29,47H,1-4H3/b24-23+. The molecule has 48 heavy (non-hydrogen) atoms. The highest BCUT2D eigenvalue weighted by Crippen LogP contribution is 2.57. The van der Waals surface area contributed by atoms with Crippen molar-refractivity contribution >= 4 is 50.4 Å². The summed E-state index contributed by atoms with van der Waals surface area (Å²) in [4.78, 5) is 2.49. The first-order chi connectivity index (χ1) is 23.3. The van der Waals surface area contributed by atoms with Gasteiger partial charge in [0.25, 0.3) is 0 Å². The van der Waals surface area contributed by atoms with Gasteiger partial charge in [-0.25, -0.2) is 0 Å². The molecule has 0 bridgehead atoms. The van der Waals surface area contributed by atoms with E-state index >= 15 is 0 Å². The fourth-order valence-corrected chi connectivity index (χ4v) is 8.16. The average molecular weight is 619 g/mol. The number of hydrogen-bond donors (Lipinski definition) is 1. The maximum absolute atomic E-state index is 3.49. The van der Waals surface area contributed by atoms with Gasteiger partial charge in [-0.3, -0.25) is 0 Å². The zero-order valence-corrected chi connectivity index (χ0v) is 27.9. The van der Waals surface area contributed by atoms with Crippen molar-refractivity contribution in [3.05, 3.63) is 174 Å². The quantitative estimate of drug-likeness (QED) is 0.211. The van der Waals surface area contributed by atoms with E-state index in [1.165, 1.54) is 77.6 Å². The fraction of sp³-hybridized carbons (Fsp3) is 0.130. The summed E-state index contributed by atoms with van der Waals surface area (Å²) in [6.45, 7) is 9.53. The summed E-state index contributed by atoms with van der Waals surface area (Å²) in [7, 11) is 0. The van der Waals surface area contributed by atoms with Crippen LogP contribution in [0.15, 0.2) is 146 Å². The molecule has 0 aromatic heterocycles. The predicted molar refractivity (Wildman–Crippen MR) is 205 cm³/mol. The van der Waals surface area contributed by atoms with E-state index in [2.05, 4.69) is 190 Å². The molecule has 1 aliphatic heterocycles. The molecule has 1 aliphatic carbocycles. The van der Waals surface area contributed by atoms with E-state index < -0.39 is 0 Å². The van der Waals surface area contributed by atoms with Crippen LogP contribution in [-0.4, -0.2) is 0 Å². The molecule has 7 aromatic rings. The van der Waals surface area contributed by atoms with Crippen LogP contribution in [0.5, 0.6) is 0 Å². The first kappa shape index (κ1) is 28.6. The molecule has 0 amide bonds. The van der Waals surface area contributed by atoms with Crippen molar-refractivity contribution in [2.45, 2.75) is 38.5 Å². The highest BCUT2D eigenvalue weighted by atomic mass is 15.2. The Bertz CT molecular complexity index is 2440. The van der Waals surface area contributed by atoms with Gasteiger partial charge in [-0.1, -0.05) is 125 Å². The highest BCUT2D eigenvalue weighted by Gasteiger charge is 2.42. The Morgan fingerprint density at radius 2 is 1.12 bits per heavy atom. The number of nitrogens with one attached hydrogen (secondary N) is 1. The molecule has 0 saturated heterocycles. The van der Waals surface area contributed by atoms with Gasteiger partial charge < -0.3 is 10.2 Å². The molecule has 1 heterocycles. The Kier molecular flexibility index (Phi) is 6.23. The van der Waals surface area contributed by atoms with Crippen molar-refractivity contribution in [2.75, 3.05) is 10.2 Å². The van der Waals surface area contributed by atoms with Crippen LogP contribution in [0.3, 0.4) is 0 Å². The normalized spacial score (nSPS) is 15.3. The van der Waals surface area contributed by atoms with Gasteiger partial charge in [-0.2, -0.15) is 0 Å². The van der Waals surface area contributed by atoms with Crippen LogP contribution in [0.25, 0.3) is 38.7 Å². The Balaban J connectivity index is 1.13. The first-order valence-electron chi connectivity index (χ1n) is 16.9. The summed E-state index contributed by atoms with van der Waals surface area (Å²) in [6.07, 6.45) is 4.24. The molecular formula is C46H38N2. The van der Waals surface area contributed by atoms with Crippen molar-refractivity contribution in [1.29, 1.82) is 0 Å². The minimum Gasteiger partial charge on any atom is -0.362 e. The van der Waals surface area contributed by atoms with E-state index in [9.17, 15) is 0 Å². The molecule has 0 saturated carbocycles. The van der Waals surface area contributed by atoms with E-state index in [0.717, 1.165) is 5.69 Å². The molecule has 0 atom stereocenters. The molecule has 9 rings (SSSR count). The highest BCUT2D eigenvalue weighted by molar-refractivity contribution is 5.95. The molecule has 0 radical (unpaired) electrons. The van der Waals surface area contributed by atoms with Gasteiger partial charge in [-0.05, 0) is 109 Å². The summed E-state index contributed by atoms with van der Waals surface area (Å²) in [5.41, 5.74) is 13.9. The summed E-state index contributed by atoms with van der Waals surface area (Å²) in [6, 6.07) is 51.4. The van der Waals surface area contributed by atoms with Crippen molar-refractivity contribution in [2.24, 2.45) is 0 Å². The van der Waals surface area contributed by atoms with Gasteiger partial charge in [-0.15, -0.1) is 0 Å². The van der Waals surface area contributed by atoms with Crippen LogP contribution in [0.4, 0.5) is 22.7 Å². The molecule has 1 N–H and O–H groups in total. The zero-order chi connectivity index (χ0) is 32.6. The second-order valence-electron chi connectivity index (χ2n) is 14.4. The number of anilines is 4. The van der Waals surface area contributed by atoms with Gasteiger partial charge in [0.2, 0.25) is 0 Å².